The van der Waals surface area contributed by atoms with Crippen LogP contribution >= 0.6 is 0 Å². The van der Waals surface area contributed by atoms with Crippen LogP contribution in [0.15, 0.2) is 24.3 Å². The third-order valence-corrected chi connectivity index (χ3v) is 1.49. The van der Waals surface area contributed by atoms with Crippen molar-refractivity contribution in [3.05, 3.63) is 29.8 Å². The Balaban J connectivity index is 0. The van der Waals surface area contributed by atoms with E-state index in [0.717, 1.165) is 12.1 Å². The van der Waals surface area contributed by atoms with Crippen LogP contribution in [0.3, 0.4) is 0 Å². The fourth-order valence-electron chi connectivity index (χ4n) is 0.907. The standard InChI is InChI=1S/C9H9F3O.C3H8.C2H6/c1-2-13-8-5-3-7(4-6-8)9(10,11)12;1-3-2;1-2/h3-6H,2H2,1H3;3H2,1-2H3;1-2H3. The van der Waals surface area contributed by atoms with Gasteiger partial charge in [0.05, 0.1) is 12.2 Å². The van der Waals surface area contributed by atoms with Gasteiger partial charge >= 0.3 is 6.18 Å². The molecule has 0 spiro atoms. The maximum absolute atomic E-state index is 12.1. The molecule has 0 aliphatic rings. The van der Waals surface area contributed by atoms with Gasteiger partial charge in [0.25, 0.3) is 0 Å². The van der Waals surface area contributed by atoms with Gasteiger partial charge in [-0.05, 0) is 31.2 Å². The summed E-state index contributed by atoms with van der Waals surface area (Å²) in [5.74, 6) is 0.454. The molecule has 0 aliphatic heterocycles. The minimum atomic E-state index is -4.27. The van der Waals surface area contributed by atoms with Crippen molar-refractivity contribution in [2.75, 3.05) is 6.61 Å². The second kappa shape index (κ2) is 10.9. The molecule has 0 aliphatic carbocycles. The SMILES string of the molecule is CC.CCC.CCOc1ccc(C(F)(F)F)cc1. The summed E-state index contributed by atoms with van der Waals surface area (Å²) in [5, 5.41) is 0. The Labute approximate surface area is 108 Å². The molecule has 106 valence electrons. The molecule has 4 heteroatoms. The Morgan fingerprint density at radius 1 is 0.944 bits per heavy atom. The molecule has 0 aromatic heterocycles. The molecule has 0 saturated heterocycles. The van der Waals surface area contributed by atoms with Crippen molar-refractivity contribution in [3.63, 3.8) is 0 Å². The first-order valence-electron chi connectivity index (χ1n) is 6.25. The first-order valence-corrected chi connectivity index (χ1v) is 6.25. The van der Waals surface area contributed by atoms with Crippen LogP contribution in [-0.2, 0) is 6.18 Å². The van der Waals surface area contributed by atoms with Gasteiger partial charge in [-0.2, -0.15) is 13.2 Å². The summed E-state index contributed by atoms with van der Waals surface area (Å²) in [6.45, 7) is 10.5. The van der Waals surface area contributed by atoms with Crippen LogP contribution in [0.5, 0.6) is 5.75 Å². The predicted molar refractivity (Wildman–Crippen MR) is 69.9 cm³/mol. The molecule has 18 heavy (non-hydrogen) atoms. The highest BCUT2D eigenvalue weighted by Gasteiger charge is 2.29. The van der Waals surface area contributed by atoms with Gasteiger partial charge in [-0.15, -0.1) is 0 Å². The first-order chi connectivity index (χ1) is 8.45. The molecule has 0 amide bonds. The molecule has 0 heterocycles. The van der Waals surface area contributed by atoms with Gasteiger partial charge in [-0.25, -0.2) is 0 Å². The third-order valence-electron chi connectivity index (χ3n) is 1.49. The fourth-order valence-corrected chi connectivity index (χ4v) is 0.907. The van der Waals surface area contributed by atoms with E-state index in [4.69, 9.17) is 4.74 Å². The predicted octanol–water partition coefficient (Wildman–Crippen LogP) is 5.55. The molecular formula is C14H23F3O. The first kappa shape index (κ1) is 19.2. The van der Waals surface area contributed by atoms with E-state index in [1.54, 1.807) is 6.92 Å². The van der Waals surface area contributed by atoms with Crippen LogP contribution in [0.4, 0.5) is 13.2 Å². The van der Waals surface area contributed by atoms with Gasteiger partial charge in [0, 0.05) is 0 Å². The summed E-state index contributed by atoms with van der Waals surface area (Å²) in [7, 11) is 0. The third kappa shape index (κ3) is 8.90. The van der Waals surface area contributed by atoms with E-state index < -0.39 is 11.7 Å². The van der Waals surface area contributed by atoms with E-state index in [9.17, 15) is 13.2 Å². The number of ether oxygens (including phenoxy) is 1. The lowest BCUT2D eigenvalue weighted by Gasteiger charge is -2.07. The second-order valence-electron chi connectivity index (χ2n) is 3.16. The summed E-state index contributed by atoms with van der Waals surface area (Å²) in [5.41, 5.74) is -0.657. The van der Waals surface area contributed by atoms with Crippen molar-refractivity contribution < 1.29 is 17.9 Å². The van der Waals surface area contributed by atoms with Crippen LogP contribution in [0.1, 0.15) is 46.6 Å². The van der Waals surface area contributed by atoms with E-state index in [2.05, 4.69) is 13.8 Å². The van der Waals surface area contributed by atoms with E-state index in [1.165, 1.54) is 18.6 Å². The van der Waals surface area contributed by atoms with Crippen LogP contribution in [0, 0.1) is 0 Å². The van der Waals surface area contributed by atoms with E-state index >= 15 is 0 Å². The Morgan fingerprint density at radius 3 is 1.61 bits per heavy atom. The number of alkyl halides is 3. The topological polar surface area (TPSA) is 9.23 Å². The highest BCUT2D eigenvalue weighted by atomic mass is 19.4. The maximum Gasteiger partial charge on any atom is 0.416 e. The lowest BCUT2D eigenvalue weighted by Crippen LogP contribution is -2.04. The number of hydrogen-bond acceptors (Lipinski definition) is 1. The van der Waals surface area contributed by atoms with Crippen LogP contribution in [-0.4, -0.2) is 6.61 Å². The van der Waals surface area contributed by atoms with Crippen molar-refractivity contribution in [2.24, 2.45) is 0 Å². The van der Waals surface area contributed by atoms with Gasteiger partial charge < -0.3 is 4.74 Å². The van der Waals surface area contributed by atoms with Crippen molar-refractivity contribution in [1.29, 1.82) is 0 Å². The molecule has 0 fully saturated rings. The zero-order chi connectivity index (χ0) is 14.6. The summed E-state index contributed by atoms with van der Waals surface area (Å²) in [4.78, 5) is 0. The Kier molecular flexibility index (Phi) is 11.6. The molecule has 0 unspecified atom stereocenters. The number of hydrogen-bond donors (Lipinski definition) is 0. The minimum absolute atomic E-state index is 0.450. The smallest absolute Gasteiger partial charge is 0.416 e. The Morgan fingerprint density at radius 2 is 1.33 bits per heavy atom. The zero-order valence-electron chi connectivity index (χ0n) is 11.8. The molecule has 1 nitrogen and oxygen atoms in total. The van der Waals surface area contributed by atoms with E-state index in [0.29, 0.717) is 12.4 Å². The van der Waals surface area contributed by atoms with Crippen molar-refractivity contribution in [3.8, 4) is 5.75 Å². The summed E-state index contributed by atoms with van der Waals surface area (Å²) in [6, 6.07) is 4.63. The van der Waals surface area contributed by atoms with Crippen LogP contribution in [0.2, 0.25) is 0 Å². The van der Waals surface area contributed by atoms with Gasteiger partial charge in [-0.1, -0.05) is 34.1 Å². The molecule has 1 aromatic rings. The number of rotatable bonds is 2. The average Bonchev–Trinajstić information content (AvgIpc) is 2.33. The second-order valence-corrected chi connectivity index (χ2v) is 3.16. The lowest BCUT2D eigenvalue weighted by molar-refractivity contribution is -0.137. The van der Waals surface area contributed by atoms with Gasteiger partial charge in [0.1, 0.15) is 5.75 Å². The minimum Gasteiger partial charge on any atom is -0.494 e. The number of halogens is 3. The van der Waals surface area contributed by atoms with Crippen molar-refractivity contribution >= 4 is 0 Å². The molecular weight excluding hydrogens is 241 g/mol. The molecule has 0 saturated carbocycles. The molecule has 0 bridgehead atoms. The molecule has 1 rings (SSSR count). The number of benzene rings is 1. The quantitative estimate of drug-likeness (QED) is 0.680. The molecule has 1 aromatic carbocycles. The highest BCUT2D eigenvalue weighted by Crippen LogP contribution is 2.30. The maximum atomic E-state index is 12.1. The fraction of sp³-hybridized carbons (Fsp3) is 0.571. The summed E-state index contributed by atoms with van der Waals surface area (Å²) in [6.07, 6.45) is -3.02. The summed E-state index contributed by atoms with van der Waals surface area (Å²) >= 11 is 0. The summed E-state index contributed by atoms with van der Waals surface area (Å²) < 4.78 is 41.2. The average molecular weight is 264 g/mol. The van der Waals surface area contributed by atoms with Gasteiger partial charge in [0.15, 0.2) is 0 Å². The van der Waals surface area contributed by atoms with E-state index in [-0.39, 0.29) is 0 Å². The molecule has 0 radical (unpaired) electrons. The van der Waals surface area contributed by atoms with Crippen LogP contribution in [0.25, 0.3) is 0 Å². The van der Waals surface area contributed by atoms with E-state index in [1.807, 2.05) is 13.8 Å². The van der Waals surface area contributed by atoms with Gasteiger partial charge in [-0.3, -0.25) is 0 Å². The van der Waals surface area contributed by atoms with Crippen molar-refractivity contribution in [2.45, 2.75) is 47.2 Å². The highest BCUT2D eigenvalue weighted by molar-refractivity contribution is 5.28. The molecule has 0 atom stereocenters. The van der Waals surface area contributed by atoms with Gasteiger partial charge in [0.2, 0.25) is 0 Å². The zero-order valence-corrected chi connectivity index (χ0v) is 11.8. The van der Waals surface area contributed by atoms with Crippen molar-refractivity contribution in [1.82, 2.24) is 0 Å². The lowest BCUT2D eigenvalue weighted by atomic mass is 10.2. The Hall–Kier alpha value is -1.19. The largest absolute Gasteiger partial charge is 0.494 e. The normalized spacial score (nSPS) is 9.56. The van der Waals surface area contributed by atoms with Crippen LogP contribution < -0.4 is 4.74 Å². The monoisotopic (exact) mass is 264 g/mol. The molecule has 0 N–H and O–H groups in total. The Bertz CT molecular complexity index is 278.